The van der Waals surface area contributed by atoms with Crippen molar-refractivity contribution < 1.29 is 17.9 Å². The second-order valence-electron chi connectivity index (χ2n) is 5.65. The summed E-state index contributed by atoms with van der Waals surface area (Å²) in [6.45, 7) is 2.31. The van der Waals surface area contributed by atoms with Crippen LogP contribution < -0.4 is 10.1 Å². The van der Waals surface area contributed by atoms with E-state index in [9.17, 15) is 13.2 Å². The summed E-state index contributed by atoms with van der Waals surface area (Å²) in [5.74, 6) is 0.619. The van der Waals surface area contributed by atoms with Crippen molar-refractivity contribution in [2.75, 3.05) is 19.0 Å². The first-order valence-corrected chi connectivity index (χ1v) is 7.29. The molecule has 3 rings (SSSR count). The lowest BCUT2D eigenvalue weighted by Crippen LogP contribution is -2.27. The maximum absolute atomic E-state index is 12.8. The van der Waals surface area contributed by atoms with Crippen LogP contribution in [0.4, 0.5) is 18.9 Å². The molecular formula is C16H14ClF3N2O. The van der Waals surface area contributed by atoms with E-state index in [1.54, 1.807) is 25.3 Å². The molecule has 0 radical (unpaired) electrons. The van der Waals surface area contributed by atoms with Crippen LogP contribution in [-0.2, 0) is 11.6 Å². The number of nitrogens with one attached hydrogen (secondary N) is 1. The monoisotopic (exact) mass is 342 g/mol. The minimum atomic E-state index is -4.42. The van der Waals surface area contributed by atoms with Gasteiger partial charge in [-0.1, -0.05) is 11.6 Å². The number of hydrogen-bond donors (Lipinski definition) is 1. The molecule has 1 aliphatic rings. The molecule has 1 N–H and O–H groups in total. The van der Waals surface area contributed by atoms with Crippen LogP contribution in [0.2, 0.25) is 5.02 Å². The molecule has 0 saturated heterocycles. The largest absolute Gasteiger partial charge is 0.496 e. The number of pyridine rings is 1. The quantitative estimate of drug-likeness (QED) is 0.873. The molecule has 0 saturated carbocycles. The highest BCUT2D eigenvalue weighted by Gasteiger charge is 2.41. The van der Waals surface area contributed by atoms with E-state index < -0.39 is 17.2 Å². The van der Waals surface area contributed by atoms with E-state index in [1.807, 2.05) is 6.92 Å². The molecule has 1 aliphatic heterocycles. The molecule has 0 amide bonds. The Morgan fingerprint density at radius 3 is 2.70 bits per heavy atom. The lowest BCUT2D eigenvalue weighted by molar-refractivity contribution is -0.137. The molecular weight excluding hydrogens is 329 g/mol. The van der Waals surface area contributed by atoms with Gasteiger partial charge in [-0.3, -0.25) is 4.98 Å². The standard InChI is InChI=1S/C16H14ClF3N2O/c1-15(11-6-10(17)3-4-13(11)23-2)8-22-12-5-9(16(18,19)20)7-21-14(12)15/h3-7,22H,8H2,1-2H3. The summed E-state index contributed by atoms with van der Waals surface area (Å²) in [5.41, 5.74) is 0.308. The van der Waals surface area contributed by atoms with Crippen LogP contribution in [0.15, 0.2) is 30.5 Å². The van der Waals surface area contributed by atoms with Gasteiger partial charge in [-0.15, -0.1) is 0 Å². The molecule has 0 spiro atoms. The fourth-order valence-corrected chi connectivity index (χ4v) is 3.06. The Morgan fingerprint density at radius 2 is 2.04 bits per heavy atom. The van der Waals surface area contributed by atoms with Crippen LogP contribution in [0.1, 0.15) is 23.7 Å². The van der Waals surface area contributed by atoms with Gasteiger partial charge in [0.15, 0.2) is 0 Å². The summed E-state index contributed by atoms with van der Waals surface area (Å²) in [6, 6.07) is 6.29. The molecule has 1 atom stereocenters. The number of aromatic nitrogens is 1. The van der Waals surface area contributed by atoms with Gasteiger partial charge in [0.05, 0.1) is 29.5 Å². The Bertz CT molecular complexity index is 763. The van der Waals surface area contributed by atoms with Gasteiger partial charge in [0, 0.05) is 23.3 Å². The second kappa shape index (κ2) is 5.30. The molecule has 1 unspecified atom stereocenters. The first kappa shape index (κ1) is 15.9. The SMILES string of the molecule is COc1ccc(Cl)cc1C1(C)CNc2cc(C(F)(F)F)cnc21. The highest BCUT2D eigenvalue weighted by atomic mass is 35.5. The van der Waals surface area contributed by atoms with Crippen molar-refractivity contribution in [3.05, 3.63) is 52.3 Å². The third-order valence-corrected chi connectivity index (χ3v) is 4.36. The van der Waals surface area contributed by atoms with Gasteiger partial charge in [-0.2, -0.15) is 13.2 Å². The van der Waals surface area contributed by atoms with Crippen LogP contribution >= 0.6 is 11.6 Å². The third kappa shape index (κ3) is 2.61. The average molecular weight is 343 g/mol. The van der Waals surface area contributed by atoms with E-state index in [4.69, 9.17) is 16.3 Å². The summed E-state index contributed by atoms with van der Waals surface area (Å²) in [7, 11) is 1.54. The van der Waals surface area contributed by atoms with Gasteiger partial charge in [0.1, 0.15) is 5.75 Å². The van der Waals surface area contributed by atoms with Crippen LogP contribution in [0.5, 0.6) is 5.75 Å². The minimum absolute atomic E-state index is 0.379. The number of hydrogen-bond acceptors (Lipinski definition) is 3. The number of nitrogens with zero attached hydrogens (tertiary/aromatic N) is 1. The number of ether oxygens (including phenoxy) is 1. The van der Waals surface area contributed by atoms with Crippen molar-refractivity contribution in [3.8, 4) is 5.75 Å². The molecule has 7 heteroatoms. The number of rotatable bonds is 2. The van der Waals surface area contributed by atoms with E-state index >= 15 is 0 Å². The van der Waals surface area contributed by atoms with Crippen molar-refractivity contribution in [2.45, 2.75) is 18.5 Å². The fraction of sp³-hybridized carbons (Fsp3) is 0.312. The van der Waals surface area contributed by atoms with E-state index in [-0.39, 0.29) is 0 Å². The second-order valence-corrected chi connectivity index (χ2v) is 6.08. The maximum atomic E-state index is 12.8. The topological polar surface area (TPSA) is 34.1 Å². The highest BCUT2D eigenvalue weighted by molar-refractivity contribution is 6.30. The predicted octanol–water partition coefficient (Wildman–Crippen LogP) is 4.49. The third-order valence-electron chi connectivity index (χ3n) is 4.13. The number of anilines is 1. The minimum Gasteiger partial charge on any atom is -0.496 e. The number of halogens is 4. The van der Waals surface area contributed by atoms with Crippen molar-refractivity contribution in [2.24, 2.45) is 0 Å². The zero-order chi connectivity index (χ0) is 16.8. The lowest BCUT2D eigenvalue weighted by atomic mass is 9.80. The van der Waals surface area contributed by atoms with Crippen molar-refractivity contribution in [1.29, 1.82) is 0 Å². The van der Waals surface area contributed by atoms with E-state index in [2.05, 4.69) is 10.3 Å². The smallest absolute Gasteiger partial charge is 0.417 e. The van der Waals surface area contributed by atoms with Crippen LogP contribution in [-0.4, -0.2) is 18.6 Å². The Labute approximate surface area is 136 Å². The Morgan fingerprint density at radius 1 is 1.30 bits per heavy atom. The number of methoxy groups -OCH3 is 1. The molecule has 0 aliphatic carbocycles. The van der Waals surface area contributed by atoms with E-state index in [0.717, 1.165) is 17.8 Å². The Balaban J connectivity index is 2.13. The van der Waals surface area contributed by atoms with Crippen molar-refractivity contribution >= 4 is 17.3 Å². The molecule has 3 nitrogen and oxygen atoms in total. The summed E-state index contributed by atoms with van der Waals surface area (Å²) in [4.78, 5) is 4.08. The van der Waals surface area contributed by atoms with Gasteiger partial charge in [-0.25, -0.2) is 0 Å². The maximum Gasteiger partial charge on any atom is 0.417 e. The fourth-order valence-electron chi connectivity index (χ4n) is 2.88. The van der Waals surface area contributed by atoms with Crippen molar-refractivity contribution in [1.82, 2.24) is 4.98 Å². The van der Waals surface area contributed by atoms with Crippen LogP contribution in [0.3, 0.4) is 0 Å². The number of fused-ring (bicyclic) bond motifs is 1. The zero-order valence-corrected chi connectivity index (χ0v) is 13.2. The van der Waals surface area contributed by atoms with Crippen molar-refractivity contribution in [3.63, 3.8) is 0 Å². The first-order chi connectivity index (χ1) is 10.8. The van der Waals surface area contributed by atoms with E-state index in [0.29, 0.717) is 28.7 Å². The van der Waals surface area contributed by atoms with E-state index in [1.165, 1.54) is 0 Å². The molecule has 2 aromatic rings. The zero-order valence-electron chi connectivity index (χ0n) is 12.5. The molecule has 0 bridgehead atoms. The summed E-state index contributed by atoms with van der Waals surface area (Å²) in [5, 5.41) is 3.54. The molecule has 1 aromatic heterocycles. The average Bonchev–Trinajstić information content (AvgIpc) is 2.84. The van der Waals surface area contributed by atoms with Gasteiger partial charge >= 0.3 is 6.18 Å². The summed E-state index contributed by atoms with van der Waals surface area (Å²) in [6.07, 6.45) is -3.56. The molecule has 2 heterocycles. The lowest BCUT2D eigenvalue weighted by Gasteiger charge is -2.26. The number of alkyl halides is 3. The van der Waals surface area contributed by atoms with Gasteiger partial charge in [0.2, 0.25) is 0 Å². The van der Waals surface area contributed by atoms with Gasteiger partial charge in [-0.05, 0) is 31.2 Å². The van der Waals surface area contributed by atoms with Crippen LogP contribution in [0.25, 0.3) is 0 Å². The molecule has 0 fully saturated rings. The van der Waals surface area contributed by atoms with Gasteiger partial charge in [0.25, 0.3) is 0 Å². The van der Waals surface area contributed by atoms with Gasteiger partial charge < -0.3 is 10.1 Å². The van der Waals surface area contributed by atoms with Crippen LogP contribution in [0, 0.1) is 0 Å². The summed E-state index contributed by atoms with van der Waals surface area (Å²) >= 11 is 6.08. The first-order valence-electron chi connectivity index (χ1n) is 6.91. The summed E-state index contributed by atoms with van der Waals surface area (Å²) < 4.78 is 43.9. The molecule has 23 heavy (non-hydrogen) atoms. The molecule has 122 valence electrons. The number of benzene rings is 1. The Hall–Kier alpha value is -1.95. The molecule has 1 aromatic carbocycles. The normalized spacial score (nSPS) is 20.1. The Kier molecular flexibility index (Phi) is 3.67. The predicted molar refractivity (Wildman–Crippen MR) is 82.2 cm³/mol. The highest BCUT2D eigenvalue weighted by Crippen LogP contribution is 2.45.